The maximum absolute atomic E-state index is 9.43. The molecule has 0 aliphatic heterocycles. The van der Waals surface area contributed by atoms with Gasteiger partial charge in [0.05, 0.1) is 14.2 Å². The lowest BCUT2D eigenvalue weighted by atomic mass is 9.83. The lowest BCUT2D eigenvalue weighted by Gasteiger charge is -2.18. The van der Waals surface area contributed by atoms with Crippen LogP contribution in [-0.2, 0) is 0 Å². The van der Waals surface area contributed by atoms with Gasteiger partial charge in [-0.3, -0.25) is 0 Å². The number of thiophene rings is 1. The Kier molecular flexibility index (Phi) is 5.43. The summed E-state index contributed by atoms with van der Waals surface area (Å²) in [7, 11) is 1.83. The van der Waals surface area contributed by atoms with Crippen molar-refractivity contribution < 1.29 is 19.5 Å². The van der Waals surface area contributed by atoms with E-state index in [2.05, 4.69) is 0 Å². The zero-order valence-electron chi connectivity index (χ0n) is 14.0. The fraction of sp³-hybridized carbons (Fsp3) is 0.158. The van der Waals surface area contributed by atoms with Gasteiger partial charge in [-0.2, -0.15) is 11.3 Å². The van der Waals surface area contributed by atoms with E-state index in [0.717, 1.165) is 28.2 Å². The van der Waals surface area contributed by atoms with Crippen molar-refractivity contribution in [3.63, 3.8) is 0 Å². The van der Waals surface area contributed by atoms with Crippen molar-refractivity contribution in [3.05, 3.63) is 76.7 Å². The molecule has 0 atom stereocenters. The van der Waals surface area contributed by atoms with E-state index in [9.17, 15) is 10.0 Å². The van der Waals surface area contributed by atoms with Gasteiger partial charge in [0.1, 0.15) is 11.5 Å². The minimum Gasteiger partial charge on any atom is -0.497 e. The highest BCUT2D eigenvalue weighted by atomic mass is 32.1. The molecular formula is C19H19BO4S. The Morgan fingerprint density at radius 3 is 1.64 bits per heavy atom. The highest BCUT2D eigenvalue weighted by Crippen LogP contribution is 2.34. The van der Waals surface area contributed by atoms with E-state index >= 15 is 0 Å². The molecule has 0 aliphatic carbocycles. The van der Waals surface area contributed by atoms with Crippen LogP contribution in [0.15, 0.2) is 60.0 Å². The summed E-state index contributed by atoms with van der Waals surface area (Å²) in [5.74, 6) is 1.59. The summed E-state index contributed by atoms with van der Waals surface area (Å²) < 4.78 is 11.0. The number of benzene rings is 2. The first-order valence-corrected chi connectivity index (χ1v) is 8.72. The second kappa shape index (κ2) is 7.74. The monoisotopic (exact) mass is 354 g/mol. The van der Waals surface area contributed by atoms with Gasteiger partial charge in [-0.25, -0.2) is 0 Å². The van der Waals surface area contributed by atoms with Crippen LogP contribution in [0.5, 0.6) is 11.5 Å². The average molecular weight is 354 g/mol. The van der Waals surface area contributed by atoms with Crippen LogP contribution < -0.4 is 14.3 Å². The fourth-order valence-corrected chi connectivity index (χ4v) is 3.63. The number of methoxy groups -OCH3 is 2. The molecule has 2 N–H and O–H groups in total. The molecule has 0 saturated carbocycles. The molecule has 0 radical (unpaired) electrons. The third-order valence-electron chi connectivity index (χ3n) is 4.13. The molecule has 6 heteroatoms. The number of hydrogen-bond donors (Lipinski definition) is 2. The molecule has 4 nitrogen and oxygen atoms in total. The predicted octanol–water partition coefficient (Wildman–Crippen LogP) is 2.63. The first kappa shape index (κ1) is 17.5. The maximum atomic E-state index is 9.43. The third-order valence-corrected chi connectivity index (χ3v) is 5.12. The smallest absolute Gasteiger partial charge is 0.497 e. The summed E-state index contributed by atoms with van der Waals surface area (Å²) in [6, 6.07) is 17.7. The van der Waals surface area contributed by atoms with Crippen molar-refractivity contribution in [2.24, 2.45) is 0 Å². The van der Waals surface area contributed by atoms with Gasteiger partial charge in [0.2, 0.25) is 0 Å². The van der Waals surface area contributed by atoms with E-state index in [4.69, 9.17) is 9.47 Å². The van der Waals surface area contributed by atoms with Crippen LogP contribution in [0.3, 0.4) is 0 Å². The lowest BCUT2D eigenvalue weighted by molar-refractivity contribution is 0.414. The molecule has 2 aromatic carbocycles. The van der Waals surface area contributed by atoms with E-state index < -0.39 is 7.12 Å². The topological polar surface area (TPSA) is 58.9 Å². The summed E-state index contributed by atoms with van der Waals surface area (Å²) in [5, 5.41) is 20.8. The molecule has 0 fully saturated rings. The fourth-order valence-electron chi connectivity index (χ4n) is 2.83. The Labute approximate surface area is 151 Å². The zero-order valence-corrected chi connectivity index (χ0v) is 14.9. The van der Waals surface area contributed by atoms with Gasteiger partial charge < -0.3 is 19.5 Å². The number of hydrogen-bond acceptors (Lipinski definition) is 5. The summed E-state index contributed by atoms with van der Waals surface area (Å²) in [5.41, 5.74) is 3.22. The Hall–Kier alpha value is -2.28. The molecule has 0 spiro atoms. The molecule has 0 saturated heterocycles. The van der Waals surface area contributed by atoms with Crippen LogP contribution >= 0.6 is 11.3 Å². The van der Waals surface area contributed by atoms with E-state index in [1.807, 2.05) is 60.0 Å². The third kappa shape index (κ3) is 3.87. The molecule has 1 heterocycles. The lowest BCUT2D eigenvalue weighted by Crippen LogP contribution is -2.26. The van der Waals surface area contributed by atoms with Crippen LogP contribution in [0.25, 0.3) is 0 Å². The molecular weight excluding hydrogens is 335 g/mol. The van der Waals surface area contributed by atoms with Crippen molar-refractivity contribution in [2.45, 2.75) is 5.92 Å². The van der Waals surface area contributed by atoms with Gasteiger partial charge in [0.15, 0.2) is 0 Å². The van der Waals surface area contributed by atoms with E-state index in [0.29, 0.717) is 4.78 Å². The molecule has 25 heavy (non-hydrogen) atoms. The van der Waals surface area contributed by atoms with Gasteiger partial charge >= 0.3 is 7.12 Å². The van der Waals surface area contributed by atoms with Crippen LogP contribution in [-0.4, -0.2) is 31.4 Å². The number of rotatable bonds is 6. The largest absolute Gasteiger partial charge is 0.499 e. The standard InChI is InChI=1S/C19H19BO4S/c1-23-16-7-3-13(4-8-16)19(14-5-9-17(24-2)10-6-14)15-11-18(20(21)22)25-12-15/h3-12,19,21-22H,1-2H3. The second-order valence-corrected chi connectivity index (χ2v) is 6.58. The van der Waals surface area contributed by atoms with Crippen LogP contribution in [0.4, 0.5) is 0 Å². The molecule has 0 unspecified atom stereocenters. The normalized spacial score (nSPS) is 10.8. The van der Waals surface area contributed by atoms with Crippen LogP contribution in [0.2, 0.25) is 0 Å². The summed E-state index contributed by atoms with van der Waals surface area (Å²) in [6.45, 7) is 0. The second-order valence-electron chi connectivity index (χ2n) is 5.64. The van der Waals surface area contributed by atoms with Crippen LogP contribution in [0.1, 0.15) is 22.6 Å². The molecule has 0 amide bonds. The van der Waals surface area contributed by atoms with Crippen molar-refractivity contribution in [3.8, 4) is 11.5 Å². The minimum atomic E-state index is -1.45. The molecule has 128 valence electrons. The Balaban J connectivity index is 2.05. The Morgan fingerprint density at radius 2 is 1.28 bits per heavy atom. The van der Waals surface area contributed by atoms with Crippen molar-refractivity contribution in [1.29, 1.82) is 0 Å². The van der Waals surface area contributed by atoms with Gasteiger partial charge in [0, 0.05) is 10.7 Å². The first-order chi connectivity index (χ1) is 12.1. The predicted molar refractivity (Wildman–Crippen MR) is 101 cm³/mol. The maximum Gasteiger partial charge on any atom is 0.499 e. The summed E-state index contributed by atoms with van der Waals surface area (Å²) in [4.78, 5) is 0. The highest BCUT2D eigenvalue weighted by molar-refractivity contribution is 7.20. The molecule has 3 rings (SSSR count). The van der Waals surface area contributed by atoms with E-state index in [1.54, 1.807) is 14.2 Å². The summed E-state index contributed by atoms with van der Waals surface area (Å²) in [6.07, 6.45) is 0. The molecule has 1 aromatic heterocycles. The molecule has 0 aliphatic rings. The molecule has 3 aromatic rings. The Morgan fingerprint density at radius 1 is 0.800 bits per heavy atom. The average Bonchev–Trinajstić information content (AvgIpc) is 3.13. The van der Waals surface area contributed by atoms with Crippen molar-refractivity contribution in [2.75, 3.05) is 14.2 Å². The van der Waals surface area contributed by atoms with E-state index in [1.165, 1.54) is 11.3 Å². The zero-order chi connectivity index (χ0) is 17.8. The SMILES string of the molecule is COc1ccc(C(c2ccc(OC)cc2)c2csc(B(O)O)c2)cc1. The Bertz CT molecular complexity index is 765. The quantitative estimate of drug-likeness (QED) is 0.668. The van der Waals surface area contributed by atoms with Gasteiger partial charge in [0.25, 0.3) is 0 Å². The van der Waals surface area contributed by atoms with Gasteiger partial charge in [-0.1, -0.05) is 24.3 Å². The molecule has 0 bridgehead atoms. The minimum absolute atomic E-state index is 0.0134. The van der Waals surface area contributed by atoms with Gasteiger partial charge in [-0.05, 0) is 52.4 Å². The van der Waals surface area contributed by atoms with Crippen LogP contribution in [0, 0.1) is 0 Å². The number of ether oxygens (including phenoxy) is 2. The van der Waals surface area contributed by atoms with Crippen molar-refractivity contribution in [1.82, 2.24) is 0 Å². The highest BCUT2D eigenvalue weighted by Gasteiger charge is 2.21. The first-order valence-electron chi connectivity index (χ1n) is 7.84. The van der Waals surface area contributed by atoms with Gasteiger partial charge in [-0.15, -0.1) is 0 Å². The van der Waals surface area contributed by atoms with Crippen molar-refractivity contribution >= 4 is 23.2 Å². The van der Waals surface area contributed by atoms with E-state index in [-0.39, 0.29) is 5.92 Å². The summed E-state index contributed by atoms with van der Waals surface area (Å²) >= 11 is 1.34.